The molecule has 0 atom stereocenters. The first-order valence-electron chi connectivity index (χ1n) is 3.47. The second-order valence-electron chi connectivity index (χ2n) is 2.88. The van der Waals surface area contributed by atoms with E-state index in [2.05, 4.69) is 0 Å². The van der Waals surface area contributed by atoms with Crippen LogP contribution in [0.5, 0.6) is 0 Å². The summed E-state index contributed by atoms with van der Waals surface area (Å²) in [4.78, 5) is 11.7. The van der Waals surface area contributed by atoms with E-state index >= 15 is 0 Å². The van der Waals surface area contributed by atoms with Crippen molar-refractivity contribution in [3.05, 3.63) is 0 Å². The highest BCUT2D eigenvalue weighted by Crippen LogP contribution is 2.17. The molecule has 0 aromatic heterocycles. The Morgan fingerprint density at radius 3 is 2.33 bits per heavy atom. The highest BCUT2D eigenvalue weighted by Gasteiger charge is 2.40. The van der Waals surface area contributed by atoms with Gasteiger partial charge in [0.05, 0.1) is 6.54 Å². The molecule has 3 nitrogen and oxygen atoms in total. The lowest BCUT2D eigenvalue weighted by Gasteiger charge is -2.36. The maximum Gasteiger partial charge on any atom is 0.451 e. The maximum absolute atomic E-state index is 11.7. The number of halogens is 3. The van der Waals surface area contributed by atoms with Gasteiger partial charge in [0, 0.05) is 19.1 Å². The van der Waals surface area contributed by atoms with Crippen molar-refractivity contribution in [2.45, 2.75) is 12.2 Å². The molecule has 70 valence electrons. The van der Waals surface area contributed by atoms with E-state index in [1.54, 1.807) is 0 Å². The molecule has 12 heavy (non-hydrogen) atoms. The van der Waals surface area contributed by atoms with Gasteiger partial charge in [-0.1, -0.05) is 0 Å². The fraction of sp³-hybridized carbons (Fsp3) is 0.833. The smallest absolute Gasteiger partial charge is 0.325 e. The standard InChI is InChI=1S/C6H9F3N2O/c7-6(8,9)5(12)3-11-1-4(10)2-11/h4H,1-3,10H2. The average molecular weight is 182 g/mol. The molecule has 6 heteroatoms. The van der Waals surface area contributed by atoms with Crippen molar-refractivity contribution < 1.29 is 18.0 Å². The van der Waals surface area contributed by atoms with Crippen molar-refractivity contribution in [2.75, 3.05) is 19.6 Å². The van der Waals surface area contributed by atoms with Crippen LogP contribution >= 0.6 is 0 Å². The molecular formula is C6H9F3N2O. The minimum absolute atomic E-state index is 0.0777. The molecule has 0 aromatic carbocycles. The Bertz CT molecular complexity index is 186. The van der Waals surface area contributed by atoms with Gasteiger partial charge in [-0.25, -0.2) is 0 Å². The second-order valence-corrected chi connectivity index (χ2v) is 2.88. The third kappa shape index (κ3) is 2.18. The first-order chi connectivity index (χ1) is 5.39. The number of nitrogens with two attached hydrogens (primary N) is 1. The summed E-state index contributed by atoms with van der Waals surface area (Å²) in [7, 11) is 0. The Balaban J connectivity index is 2.28. The largest absolute Gasteiger partial charge is 0.451 e. The van der Waals surface area contributed by atoms with Crippen LogP contribution in [0.3, 0.4) is 0 Å². The first-order valence-corrected chi connectivity index (χ1v) is 3.47. The van der Waals surface area contributed by atoms with Crippen LogP contribution in [0.4, 0.5) is 13.2 Å². The molecular weight excluding hydrogens is 173 g/mol. The zero-order valence-electron chi connectivity index (χ0n) is 6.27. The molecule has 0 spiro atoms. The SMILES string of the molecule is NC1CN(CC(=O)C(F)(F)F)C1. The average Bonchev–Trinajstić information content (AvgIpc) is 1.82. The van der Waals surface area contributed by atoms with Crippen molar-refractivity contribution in [1.29, 1.82) is 0 Å². The summed E-state index contributed by atoms with van der Waals surface area (Å²) in [5.74, 6) is -1.70. The van der Waals surface area contributed by atoms with E-state index in [0.717, 1.165) is 0 Å². The van der Waals surface area contributed by atoms with E-state index in [-0.39, 0.29) is 6.04 Å². The number of carbonyl (C=O) groups excluding carboxylic acids is 1. The van der Waals surface area contributed by atoms with E-state index in [1.165, 1.54) is 4.90 Å². The van der Waals surface area contributed by atoms with Crippen LogP contribution in [-0.2, 0) is 4.79 Å². The topological polar surface area (TPSA) is 46.3 Å². The van der Waals surface area contributed by atoms with Gasteiger partial charge in [-0.3, -0.25) is 9.69 Å². The van der Waals surface area contributed by atoms with E-state index in [0.29, 0.717) is 13.1 Å². The summed E-state index contributed by atoms with van der Waals surface area (Å²) >= 11 is 0. The Kier molecular flexibility index (Phi) is 2.39. The fourth-order valence-corrected chi connectivity index (χ4v) is 1.03. The van der Waals surface area contributed by atoms with Crippen LogP contribution in [-0.4, -0.2) is 42.5 Å². The number of rotatable bonds is 2. The van der Waals surface area contributed by atoms with Gasteiger partial charge in [-0.05, 0) is 0 Å². The van der Waals surface area contributed by atoms with Gasteiger partial charge in [-0.15, -0.1) is 0 Å². The molecule has 1 rings (SSSR count). The number of hydrogen-bond acceptors (Lipinski definition) is 3. The van der Waals surface area contributed by atoms with Gasteiger partial charge in [0.15, 0.2) is 0 Å². The highest BCUT2D eigenvalue weighted by molar-refractivity contribution is 5.85. The monoisotopic (exact) mass is 182 g/mol. The van der Waals surface area contributed by atoms with Crippen LogP contribution in [0, 0.1) is 0 Å². The number of alkyl halides is 3. The van der Waals surface area contributed by atoms with Crippen molar-refractivity contribution in [1.82, 2.24) is 4.90 Å². The lowest BCUT2D eigenvalue weighted by Crippen LogP contribution is -2.57. The molecule has 0 saturated carbocycles. The number of hydrogen-bond donors (Lipinski definition) is 1. The van der Waals surface area contributed by atoms with Gasteiger partial charge in [0.25, 0.3) is 0 Å². The molecule has 0 aromatic rings. The molecule has 2 N–H and O–H groups in total. The molecule has 1 aliphatic heterocycles. The van der Waals surface area contributed by atoms with Crippen molar-refractivity contribution >= 4 is 5.78 Å². The normalized spacial score (nSPS) is 20.7. The predicted octanol–water partition coefficient (Wildman–Crippen LogP) is -0.239. The summed E-state index contributed by atoms with van der Waals surface area (Å²) in [6, 6.07) is -0.0777. The minimum Gasteiger partial charge on any atom is -0.325 e. The zero-order valence-corrected chi connectivity index (χ0v) is 6.27. The second kappa shape index (κ2) is 3.02. The predicted molar refractivity (Wildman–Crippen MR) is 35.5 cm³/mol. The van der Waals surface area contributed by atoms with E-state index in [4.69, 9.17) is 5.73 Å². The van der Waals surface area contributed by atoms with Gasteiger partial charge in [0.2, 0.25) is 5.78 Å². The molecule has 0 radical (unpaired) electrons. The summed E-state index contributed by atoms with van der Waals surface area (Å²) in [5, 5.41) is 0. The van der Waals surface area contributed by atoms with E-state index in [9.17, 15) is 18.0 Å². The Hall–Kier alpha value is -0.620. The number of nitrogens with zero attached hydrogens (tertiary/aromatic N) is 1. The van der Waals surface area contributed by atoms with Crippen molar-refractivity contribution in [2.24, 2.45) is 5.73 Å². The van der Waals surface area contributed by atoms with Crippen molar-refractivity contribution in [3.8, 4) is 0 Å². The van der Waals surface area contributed by atoms with Gasteiger partial charge < -0.3 is 5.73 Å². The van der Waals surface area contributed by atoms with Crippen LogP contribution in [0.2, 0.25) is 0 Å². The lowest BCUT2D eigenvalue weighted by atomic mass is 10.1. The molecule has 0 bridgehead atoms. The number of ketones is 1. The molecule has 1 aliphatic rings. The Morgan fingerprint density at radius 2 is 2.00 bits per heavy atom. The quantitative estimate of drug-likeness (QED) is 0.641. The number of Topliss-reactive ketones (excluding diaryl/α,β-unsaturated/α-hetero) is 1. The lowest BCUT2D eigenvalue weighted by molar-refractivity contribution is -0.173. The van der Waals surface area contributed by atoms with Gasteiger partial charge in [0.1, 0.15) is 0 Å². The fourth-order valence-electron chi connectivity index (χ4n) is 1.03. The molecule has 1 fully saturated rings. The number of likely N-dealkylation sites (tertiary alicyclic amines) is 1. The highest BCUT2D eigenvalue weighted by atomic mass is 19.4. The molecule has 1 heterocycles. The Morgan fingerprint density at radius 1 is 1.50 bits per heavy atom. The molecule has 0 aliphatic carbocycles. The van der Waals surface area contributed by atoms with Crippen molar-refractivity contribution in [3.63, 3.8) is 0 Å². The van der Waals surface area contributed by atoms with E-state index < -0.39 is 18.5 Å². The minimum atomic E-state index is -4.71. The summed E-state index contributed by atoms with van der Waals surface area (Å²) in [6.45, 7) is 0.195. The summed E-state index contributed by atoms with van der Waals surface area (Å²) < 4.78 is 35.0. The molecule has 0 amide bonds. The van der Waals surface area contributed by atoms with Crippen LogP contribution in [0.15, 0.2) is 0 Å². The van der Waals surface area contributed by atoms with Crippen LogP contribution in [0.1, 0.15) is 0 Å². The van der Waals surface area contributed by atoms with Crippen LogP contribution < -0.4 is 5.73 Å². The summed E-state index contributed by atoms with van der Waals surface area (Å²) in [5.41, 5.74) is 5.32. The summed E-state index contributed by atoms with van der Waals surface area (Å²) in [6.07, 6.45) is -4.71. The molecule has 0 unspecified atom stereocenters. The number of carbonyl (C=O) groups is 1. The Labute approximate surface area is 67.3 Å². The van der Waals surface area contributed by atoms with Crippen LogP contribution in [0.25, 0.3) is 0 Å². The third-order valence-electron chi connectivity index (χ3n) is 1.67. The van der Waals surface area contributed by atoms with Gasteiger partial charge >= 0.3 is 6.18 Å². The van der Waals surface area contributed by atoms with E-state index in [1.807, 2.05) is 0 Å². The molecule has 1 saturated heterocycles. The first kappa shape index (κ1) is 9.47. The zero-order chi connectivity index (χ0) is 9.35. The van der Waals surface area contributed by atoms with Gasteiger partial charge in [-0.2, -0.15) is 13.2 Å². The maximum atomic E-state index is 11.7. The third-order valence-corrected chi connectivity index (χ3v) is 1.67.